The molecule has 0 saturated heterocycles. The Morgan fingerprint density at radius 1 is 1.42 bits per heavy atom. The summed E-state index contributed by atoms with van der Waals surface area (Å²) in [6, 6.07) is 7.22. The fraction of sp³-hybridized carbons (Fsp3) is 0.231. The molecule has 0 fully saturated rings. The van der Waals surface area contributed by atoms with Crippen molar-refractivity contribution in [2.75, 3.05) is 13.2 Å². The molecule has 0 bridgehead atoms. The van der Waals surface area contributed by atoms with E-state index in [1.165, 1.54) is 24.3 Å². The zero-order valence-corrected chi connectivity index (χ0v) is 10.4. The van der Waals surface area contributed by atoms with Crippen LogP contribution in [0, 0.1) is 12.7 Å². The molecule has 5 nitrogen and oxygen atoms in total. The maximum Gasteiger partial charge on any atom is 0.290 e. The lowest BCUT2D eigenvalue weighted by Gasteiger charge is -2.06. The lowest BCUT2D eigenvalue weighted by molar-refractivity contribution is 0.0910. The zero-order chi connectivity index (χ0) is 13.7. The molecular formula is C13H13FN2O3. The predicted octanol–water partition coefficient (Wildman–Crippen LogP) is 1.93. The van der Waals surface area contributed by atoms with E-state index in [9.17, 15) is 9.18 Å². The van der Waals surface area contributed by atoms with Crippen molar-refractivity contribution in [1.29, 1.82) is 0 Å². The fourth-order valence-electron chi connectivity index (χ4n) is 1.42. The van der Waals surface area contributed by atoms with Crippen LogP contribution in [-0.4, -0.2) is 24.2 Å². The minimum atomic E-state index is -0.344. The highest BCUT2D eigenvalue weighted by molar-refractivity contribution is 5.91. The molecule has 1 aromatic carbocycles. The first kappa shape index (κ1) is 13.1. The number of rotatable bonds is 5. The number of halogens is 1. The van der Waals surface area contributed by atoms with Crippen LogP contribution in [-0.2, 0) is 0 Å². The van der Waals surface area contributed by atoms with Gasteiger partial charge in [-0.05, 0) is 31.2 Å². The van der Waals surface area contributed by atoms with Gasteiger partial charge < -0.3 is 14.6 Å². The lowest BCUT2D eigenvalue weighted by atomic mass is 10.3. The van der Waals surface area contributed by atoms with E-state index in [1.54, 1.807) is 13.0 Å². The van der Waals surface area contributed by atoms with Gasteiger partial charge >= 0.3 is 0 Å². The maximum atomic E-state index is 12.6. The molecule has 0 aliphatic heterocycles. The van der Waals surface area contributed by atoms with E-state index >= 15 is 0 Å². The third-order valence-electron chi connectivity index (χ3n) is 2.32. The third kappa shape index (κ3) is 3.80. The van der Waals surface area contributed by atoms with Crippen molar-refractivity contribution in [2.24, 2.45) is 0 Å². The number of carbonyl (C=O) groups is 1. The Balaban J connectivity index is 1.72. The zero-order valence-electron chi connectivity index (χ0n) is 10.4. The number of ether oxygens (including phenoxy) is 1. The van der Waals surface area contributed by atoms with Crippen LogP contribution in [0.2, 0.25) is 0 Å². The van der Waals surface area contributed by atoms with Gasteiger partial charge in [0.25, 0.3) is 5.91 Å². The molecule has 0 radical (unpaired) electrons. The molecule has 2 aromatic rings. The number of aryl methyl sites for hydroxylation is 1. The molecular weight excluding hydrogens is 251 g/mol. The molecule has 0 saturated carbocycles. The first-order chi connectivity index (χ1) is 9.15. The van der Waals surface area contributed by atoms with Crippen LogP contribution in [0.3, 0.4) is 0 Å². The van der Waals surface area contributed by atoms with Gasteiger partial charge in [-0.1, -0.05) is 5.16 Å². The van der Waals surface area contributed by atoms with E-state index in [1.807, 2.05) is 0 Å². The minimum absolute atomic E-state index is 0.166. The summed E-state index contributed by atoms with van der Waals surface area (Å²) < 4.78 is 22.8. The second-order valence-electron chi connectivity index (χ2n) is 3.89. The Morgan fingerprint density at radius 2 is 2.16 bits per heavy atom. The van der Waals surface area contributed by atoms with Crippen molar-refractivity contribution in [2.45, 2.75) is 6.92 Å². The Labute approximate surface area is 109 Å². The van der Waals surface area contributed by atoms with Gasteiger partial charge in [-0.2, -0.15) is 0 Å². The third-order valence-corrected chi connectivity index (χ3v) is 2.32. The first-order valence-electron chi connectivity index (χ1n) is 5.75. The van der Waals surface area contributed by atoms with Gasteiger partial charge in [0.2, 0.25) is 5.76 Å². The molecule has 100 valence electrons. The second kappa shape index (κ2) is 5.99. The topological polar surface area (TPSA) is 64.4 Å². The molecule has 2 rings (SSSR count). The second-order valence-corrected chi connectivity index (χ2v) is 3.89. The van der Waals surface area contributed by atoms with Crippen LogP contribution in [0.5, 0.6) is 5.75 Å². The standard InChI is InChI=1S/C13H13FN2O3/c1-9-8-12(19-16-9)13(17)15-6-7-18-11-4-2-10(14)3-5-11/h2-5,8H,6-7H2,1H3,(H,15,17). The van der Waals surface area contributed by atoms with Crippen LogP contribution in [0.15, 0.2) is 34.9 Å². The van der Waals surface area contributed by atoms with Gasteiger partial charge in [-0.25, -0.2) is 4.39 Å². The quantitative estimate of drug-likeness (QED) is 0.838. The number of aromatic nitrogens is 1. The van der Waals surface area contributed by atoms with Gasteiger partial charge in [0.15, 0.2) is 0 Å². The van der Waals surface area contributed by atoms with E-state index in [0.717, 1.165) is 0 Å². The number of nitrogens with zero attached hydrogens (tertiary/aromatic N) is 1. The summed E-state index contributed by atoms with van der Waals surface area (Å²) in [5.74, 6) is 0.0510. The van der Waals surface area contributed by atoms with E-state index in [4.69, 9.17) is 9.26 Å². The van der Waals surface area contributed by atoms with Crippen LogP contribution in [0.4, 0.5) is 4.39 Å². The van der Waals surface area contributed by atoms with Crippen molar-refractivity contribution in [3.8, 4) is 5.75 Å². The van der Waals surface area contributed by atoms with Crippen LogP contribution >= 0.6 is 0 Å². The van der Waals surface area contributed by atoms with Crippen molar-refractivity contribution < 1.29 is 18.4 Å². The summed E-state index contributed by atoms with van der Waals surface area (Å²) in [5, 5.41) is 6.24. The van der Waals surface area contributed by atoms with E-state index < -0.39 is 0 Å². The van der Waals surface area contributed by atoms with E-state index in [-0.39, 0.29) is 24.1 Å². The molecule has 19 heavy (non-hydrogen) atoms. The average Bonchev–Trinajstić information content (AvgIpc) is 2.83. The molecule has 1 N–H and O–H groups in total. The minimum Gasteiger partial charge on any atom is -0.492 e. The molecule has 0 aliphatic rings. The molecule has 0 aliphatic carbocycles. The summed E-state index contributed by atoms with van der Waals surface area (Å²) in [4.78, 5) is 11.6. The monoisotopic (exact) mass is 264 g/mol. The highest BCUT2D eigenvalue weighted by Gasteiger charge is 2.10. The van der Waals surface area contributed by atoms with Gasteiger partial charge in [-0.15, -0.1) is 0 Å². The Kier molecular flexibility index (Phi) is 4.12. The maximum absolute atomic E-state index is 12.6. The fourth-order valence-corrected chi connectivity index (χ4v) is 1.42. The van der Waals surface area contributed by atoms with Crippen LogP contribution in [0.25, 0.3) is 0 Å². The SMILES string of the molecule is Cc1cc(C(=O)NCCOc2ccc(F)cc2)on1. The smallest absolute Gasteiger partial charge is 0.290 e. The Hall–Kier alpha value is -2.37. The number of benzene rings is 1. The Morgan fingerprint density at radius 3 is 2.79 bits per heavy atom. The summed E-state index contributed by atoms with van der Waals surface area (Å²) in [7, 11) is 0. The number of hydrogen-bond acceptors (Lipinski definition) is 4. The molecule has 0 atom stereocenters. The van der Waals surface area contributed by atoms with Crippen LogP contribution < -0.4 is 10.1 Å². The molecule has 6 heteroatoms. The normalized spacial score (nSPS) is 10.2. The van der Waals surface area contributed by atoms with Crippen molar-refractivity contribution >= 4 is 5.91 Å². The number of carbonyl (C=O) groups excluding carboxylic acids is 1. The molecule has 0 spiro atoms. The number of amides is 1. The highest BCUT2D eigenvalue weighted by Crippen LogP contribution is 2.10. The van der Waals surface area contributed by atoms with Crippen molar-refractivity contribution in [1.82, 2.24) is 10.5 Å². The largest absolute Gasteiger partial charge is 0.492 e. The highest BCUT2D eigenvalue weighted by atomic mass is 19.1. The first-order valence-corrected chi connectivity index (χ1v) is 5.75. The van der Waals surface area contributed by atoms with Crippen molar-refractivity contribution in [3.05, 3.63) is 47.6 Å². The average molecular weight is 264 g/mol. The Bertz CT molecular complexity index is 551. The molecule has 1 aromatic heterocycles. The molecule has 0 unspecified atom stereocenters. The summed E-state index contributed by atoms with van der Waals surface area (Å²) in [6.45, 7) is 2.33. The molecule has 1 heterocycles. The van der Waals surface area contributed by atoms with Gasteiger partial charge in [0.05, 0.1) is 12.2 Å². The van der Waals surface area contributed by atoms with Crippen LogP contribution in [0.1, 0.15) is 16.2 Å². The van der Waals surface area contributed by atoms with Gasteiger partial charge in [0, 0.05) is 6.07 Å². The van der Waals surface area contributed by atoms with E-state index in [0.29, 0.717) is 18.0 Å². The number of nitrogens with one attached hydrogen (secondary N) is 1. The summed E-state index contributed by atoms with van der Waals surface area (Å²) >= 11 is 0. The predicted molar refractivity (Wildman–Crippen MR) is 65.5 cm³/mol. The summed E-state index contributed by atoms with van der Waals surface area (Å²) in [6.07, 6.45) is 0. The van der Waals surface area contributed by atoms with Gasteiger partial charge in [-0.3, -0.25) is 4.79 Å². The van der Waals surface area contributed by atoms with E-state index in [2.05, 4.69) is 10.5 Å². The number of hydrogen-bond donors (Lipinski definition) is 1. The molecule has 1 amide bonds. The summed E-state index contributed by atoms with van der Waals surface area (Å²) in [5.41, 5.74) is 0.646. The lowest BCUT2D eigenvalue weighted by Crippen LogP contribution is -2.27. The van der Waals surface area contributed by atoms with Crippen molar-refractivity contribution in [3.63, 3.8) is 0 Å². The van der Waals surface area contributed by atoms with Gasteiger partial charge in [0.1, 0.15) is 18.2 Å².